The van der Waals surface area contributed by atoms with Gasteiger partial charge in [-0.3, -0.25) is 4.79 Å². The molecule has 0 spiro atoms. The number of alkyl carbamates (subject to hydrolysis) is 1. The molecule has 4 unspecified atom stereocenters. The number of ether oxygens (including phenoxy) is 1. The van der Waals surface area contributed by atoms with Crippen LogP contribution in [-0.2, 0) is 9.53 Å². The first kappa shape index (κ1) is 22.9. The van der Waals surface area contributed by atoms with Gasteiger partial charge in [0.05, 0.1) is 24.7 Å². The van der Waals surface area contributed by atoms with Crippen LogP contribution in [0.25, 0.3) is 0 Å². The first-order valence-electron chi connectivity index (χ1n) is 12.5. The summed E-state index contributed by atoms with van der Waals surface area (Å²) in [6, 6.07) is -0.406. The Bertz CT molecular complexity index is 695. The van der Waals surface area contributed by atoms with Crippen LogP contribution in [0.3, 0.4) is 0 Å². The maximum Gasteiger partial charge on any atom is 0.407 e. The Morgan fingerprint density at radius 2 is 1.81 bits per heavy atom. The predicted molar refractivity (Wildman–Crippen MR) is 117 cm³/mol. The Balaban J connectivity index is 1.54. The number of aliphatic hydroxyl groups excluding tert-OH is 1. The van der Waals surface area contributed by atoms with Gasteiger partial charge in [-0.25, -0.2) is 4.79 Å². The lowest BCUT2D eigenvalue weighted by Crippen LogP contribution is -2.55. The molecule has 4 saturated carbocycles. The fourth-order valence-electron chi connectivity index (χ4n) is 8.30. The molecule has 0 aliphatic heterocycles. The number of aliphatic carboxylic acids is 1. The minimum absolute atomic E-state index is 0.177. The maximum atomic E-state index is 12.4. The van der Waals surface area contributed by atoms with Crippen LogP contribution in [0.15, 0.2) is 0 Å². The Labute approximate surface area is 186 Å². The fraction of sp³-hybridized carbons (Fsp3) is 0.920. The van der Waals surface area contributed by atoms with Crippen molar-refractivity contribution in [1.29, 1.82) is 0 Å². The van der Waals surface area contributed by atoms with Crippen LogP contribution < -0.4 is 5.32 Å². The SMILES string of the molecule is CC(O)C(C)NC(=O)OC[C@]12CC[C@H]3[C@@H](CCC4CCCC[C@@]43C)[C@@H]1CCC2C(=O)O. The van der Waals surface area contributed by atoms with Crippen LogP contribution in [0, 0.1) is 40.4 Å². The number of fused-ring (bicyclic) bond motifs is 5. The number of amides is 1. The van der Waals surface area contributed by atoms with Crippen molar-refractivity contribution in [2.45, 2.75) is 97.1 Å². The van der Waals surface area contributed by atoms with Crippen LogP contribution in [0.4, 0.5) is 4.79 Å². The van der Waals surface area contributed by atoms with Gasteiger partial charge in [0.2, 0.25) is 0 Å². The second-order valence-electron chi connectivity index (χ2n) is 11.4. The number of hydrogen-bond acceptors (Lipinski definition) is 4. The van der Waals surface area contributed by atoms with Gasteiger partial charge in [0.1, 0.15) is 0 Å². The van der Waals surface area contributed by atoms with E-state index in [1.807, 2.05) is 0 Å². The van der Waals surface area contributed by atoms with E-state index in [9.17, 15) is 19.8 Å². The van der Waals surface area contributed by atoms with Crippen molar-refractivity contribution in [2.75, 3.05) is 6.61 Å². The lowest BCUT2D eigenvalue weighted by atomic mass is 9.44. The van der Waals surface area contributed by atoms with Gasteiger partial charge in [0.25, 0.3) is 0 Å². The molecule has 4 fully saturated rings. The van der Waals surface area contributed by atoms with Crippen LogP contribution in [0.5, 0.6) is 0 Å². The highest BCUT2D eigenvalue weighted by Gasteiger charge is 2.63. The Hall–Kier alpha value is -1.30. The minimum Gasteiger partial charge on any atom is -0.481 e. The van der Waals surface area contributed by atoms with E-state index in [2.05, 4.69) is 12.2 Å². The molecule has 0 aromatic rings. The van der Waals surface area contributed by atoms with E-state index < -0.39 is 35.5 Å². The van der Waals surface area contributed by atoms with E-state index in [1.54, 1.807) is 13.8 Å². The second-order valence-corrected chi connectivity index (χ2v) is 11.4. The number of aliphatic hydroxyl groups is 1. The number of carboxylic acids is 1. The summed E-state index contributed by atoms with van der Waals surface area (Å²) in [4.78, 5) is 24.6. The smallest absolute Gasteiger partial charge is 0.407 e. The van der Waals surface area contributed by atoms with E-state index in [0.717, 1.165) is 25.2 Å². The lowest BCUT2D eigenvalue weighted by molar-refractivity contribution is -0.159. The van der Waals surface area contributed by atoms with Gasteiger partial charge in [0.15, 0.2) is 0 Å². The summed E-state index contributed by atoms with van der Waals surface area (Å²) in [6.45, 7) is 6.06. The molecular formula is C25H41NO5. The molecule has 1 amide bonds. The third kappa shape index (κ3) is 3.87. The van der Waals surface area contributed by atoms with E-state index in [0.29, 0.717) is 29.6 Å². The topological polar surface area (TPSA) is 95.9 Å². The molecule has 0 aromatic carbocycles. The summed E-state index contributed by atoms with van der Waals surface area (Å²) < 4.78 is 5.67. The Morgan fingerprint density at radius 3 is 2.52 bits per heavy atom. The van der Waals surface area contributed by atoms with Gasteiger partial charge >= 0.3 is 12.1 Å². The van der Waals surface area contributed by atoms with Gasteiger partial charge in [-0.1, -0.05) is 19.8 Å². The molecule has 176 valence electrons. The summed E-state index contributed by atoms with van der Waals surface area (Å²) in [5.74, 6) is 1.23. The van der Waals surface area contributed by atoms with Crippen LogP contribution >= 0.6 is 0 Å². The van der Waals surface area contributed by atoms with Crippen LogP contribution in [0.1, 0.15) is 85.0 Å². The zero-order valence-corrected chi connectivity index (χ0v) is 19.4. The highest BCUT2D eigenvalue weighted by molar-refractivity contribution is 5.72. The number of hydrogen-bond donors (Lipinski definition) is 3. The summed E-state index contributed by atoms with van der Waals surface area (Å²) in [6.07, 6.45) is 10.2. The van der Waals surface area contributed by atoms with Crippen molar-refractivity contribution in [1.82, 2.24) is 5.32 Å². The first-order valence-corrected chi connectivity index (χ1v) is 12.5. The van der Waals surface area contributed by atoms with Gasteiger partial charge < -0.3 is 20.3 Å². The third-order valence-corrected chi connectivity index (χ3v) is 10.1. The summed E-state index contributed by atoms with van der Waals surface area (Å²) in [5, 5.41) is 22.4. The molecule has 4 rings (SSSR count). The van der Waals surface area contributed by atoms with Gasteiger partial charge in [0, 0.05) is 5.41 Å². The predicted octanol–water partition coefficient (Wildman–Crippen LogP) is 4.60. The summed E-state index contributed by atoms with van der Waals surface area (Å²) in [7, 11) is 0. The number of nitrogens with one attached hydrogen (secondary N) is 1. The van der Waals surface area contributed by atoms with Crippen LogP contribution in [0.2, 0.25) is 0 Å². The van der Waals surface area contributed by atoms with Crippen molar-refractivity contribution in [3.63, 3.8) is 0 Å². The Kier molecular flexibility index (Phi) is 6.32. The highest BCUT2D eigenvalue weighted by Crippen LogP contribution is 2.67. The molecule has 0 aromatic heterocycles. The number of carbonyl (C=O) groups excluding carboxylic acids is 1. The molecule has 4 aliphatic carbocycles. The summed E-state index contributed by atoms with van der Waals surface area (Å²) >= 11 is 0. The zero-order valence-electron chi connectivity index (χ0n) is 19.4. The second kappa shape index (κ2) is 8.57. The van der Waals surface area contributed by atoms with E-state index in [1.165, 1.54) is 38.5 Å². The van der Waals surface area contributed by atoms with Gasteiger partial charge in [-0.05, 0) is 94.3 Å². The van der Waals surface area contributed by atoms with Gasteiger partial charge in [-0.2, -0.15) is 0 Å². The molecule has 0 saturated heterocycles. The third-order valence-electron chi connectivity index (χ3n) is 10.1. The number of carbonyl (C=O) groups is 2. The van der Waals surface area contributed by atoms with Crippen LogP contribution in [-0.4, -0.2) is 41.0 Å². The van der Waals surface area contributed by atoms with Crippen molar-refractivity contribution >= 4 is 12.1 Å². The fourth-order valence-corrected chi connectivity index (χ4v) is 8.30. The van der Waals surface area contributed by atoms with E-state index in [-0.39, 0.29) is 6.61 Å². The average molecular weight is 436 g/mol. The zero-order chi connectivity index (χ0) is 22.4. The Morgan fingerprint density at radius 1 is 1.03 bits per heavy atom. The van der Waals surface area contributed by atoms with E-state index >= 15 is 0 Å². The largest absolute Gasteiger partial charge is 0.481 e. The minimum atomic E-state index is -0.736. The maximum absolute atomic E-state index is 12.4. The van der Waals surface area contributed by atoms with Crippen molar-refractivity contribution in [3.8, 4) is 0 Å². The molecule has 6 nitrogen and oxygen atoms in total. The molecule has 0 radical (unpaired) electrons. The monoisotopic (exact) mass is 435 g/mol. The lowest BCUT2D eigenvalue weighted by Gasteiger charge is -2.60. The molecular weight excluding hydrogens is 394 g/mol. The first-order chi connectivity index (χ1) is 14.7. The average Bonchev–Trinajstić information content (AvgIpc) is 3.12. The standard InChI is InChI=1S/C25H41NO5/c1-15(16(2)27)26-23(30)31-14-25-13-11-19-18(20(25)9-10-21(25)22(28)29)8-7-17-6-4-5-12-24(17,19)3/h15-21,27H,4-14H2,1-3H3,(H,26,30)(H,28,29)/t15?,16?,17?,18-,19+,20+,21?,24+,25-/m1/s1. The summed E-state index contributed by atoms with van der Waals surface area (Å²) in [5.41, 5.74) is -0.0458. The molecule has 31 heavy (non-hydrogen) atoms. The van der Waals surface area contributed by atoms with E-state index in [4.69, 9.17) is 4.74 Å². The highest BCUT2D eigenvalue weighted by atomic mass is 16.5. The van der Waals surface area contributed by atoms with Crippen molar-refractivity contribution in [3.05, 3.63) is 0 Å². The molecule has 0 heterocycles. The molecule has 6 heteroatoms. The quantitative estimate of drug-likeness (QED) is 0.587. The van der Waals surface area contributed by atoms with Gasteiger partial charge in [-0.15, -0.1) is 0 Å². The van der Waals surface area contributed by atoms with Crippen molar-refractivity contribution in [2.24, 2.45) is 40.4 Å². The normalized spacial score (nSPS) is 43.7. The number of carboxylic acid groups (broad SMARTS) is 1. The number of rotatable bonds is 5. The molecule has 3 N–H and O–H groups in total. The molecule has 4 aliphatic rings. The molecule has 0 bridgehead atoms. The van der Waals surface area contributed by atoms with Crippen molar-refractivity contribution < 1.29 is 24.5 Å². The molecule has 9 atom stereocenters.